The molecule has 1 heterocycles. The highest BCUT2D eigenvalue weighted by Gasteiger charge is 2.28. The maximum absolute atomic E-state index is 12.4. The molecule has 3 rings (SSSR count). The molecule has 2 aromatic carbocycles. The molecular weight excluding hydrogens is 350 g/mol. The van der Waals surface area contributed by atoms with Crippen LogP contribution < -0.4 is 14.9 Å². The van der Waals surface area contributed by atoms with E-state index < -0.39 is 10.0 Å². The van der Waals surface area contributed by atoms with Crippen molar-refractivity contribution in [3.8, 4) is 0 Å². The lowest BCUT2D eigenvalue weighted by molar-refractivity contribution is 0.262. The Kier molecular flexibility index (Phi) is 5.18. The number of nitrogens with zero attached hydrogens (tertiary/aromatic N) is 1. The molecule has 0 atom stereocenters. The van der Waals surface area contributed by atoms with Gasteiger partial charge in [0.2, 0.25) is 10.0 Å². The van der Waals surface area contributed by atoms with Crippen molar-refractivity contribution in [3.05, 3.63) is 53.6 Å². The molecule has 0 saturated carbocycles. The molecule has 26 heavy (non-hydrogen) atoms. The smallest absolute Gasteiger partial charge is 0.308 e. The lowest BCUT2D eigenvalue weighted by Gasteiger charge is -2.19. The second-order valence-corrected chi connectivity index (χ2v) is 8.44. The minimum atomic E-state index is -3.32. The molecule has 7 heteroatoms. The van der Waals surface area contributed by atoms with Gasteiger partial charge in [-0.2, -0.15) is 0 Å². The maximum Gasteiger partial charge on any atom is 0.323 e. The summed E-state index contributed by atoms with van der Waals surface area (Å²) in [5, 5.41) is 5.53. The van der Waals surface area contributed by atoms with Crippen LogP contribution in [0, 0.1) is 6.92 Å². The van der Waals surface area contributed by atoms with E-state index in [1.807, 2.05) is 44.2 Å². The highest BCUT2D eigenvalue weighted by atomic mass is 32.2. The lowest BCUT2D eigenvalue weighted by Crippen LogP contribution is -2.31. The van der Waals surface area contributed by atoms with Crippen molar-refractivity contribution >= 4 is 33.1 Å². The van der Waals surface area contributed by atoms with Gasteiger partial charge in [-0.15, -0.1) is 0 Å². The summed E-state index contributed by atoms with van der Waals surface area (Å²) in [6, 6.07) is 12.5. The van der Waals surface area contributed by atoms with Crippen molar-refractivity contribution in [1.29, 1.82) is 0 Å². The summed E-state index contributed by atoms with van der Waals surface area (Å²) in [5.74, 6) is 0.123. The molecule has 0 fully saturated rings. The molecule has 2 aromatic rings. The normalized spacial score (nSPS) is 13.4. The van der Waals surface area contributed by atoms with Gasteiger partial charge in [-0.3, -0.25) is 4.31 Å². The Balaban J connectivity index is 1.74. The molecule has 138 valence electrons. The number of fused-ring (bicyclic) bond motifs is 1. The third-order valence-corrected chi connectivity index (χ3v) is 6.28. The molecular formula is C19H23N3O3S. The van der Waals surface area contributed by atoms with Crippen molar-refractivity contribution in [3.63, 3.8) is 0 Å². The van der Waals surface area contributed by atoms with Gasteiger partial charge in [0, 0.05) is 17.9 Å². The van der Waals surface area contributed by atoms with Crippen LogP contribution in [-0.4, -0.2) is 26.7 Å². The van der Waals surface area contributed by atoms with Crippen molar-refractivity contribution in [1.82, 2.24) is 0 Å². The van der Waals surface area contributed by atoms with Crippen LogP contribution >= 0.6 is 0 Å². The zero-order valence-corrected chi connectivity index (χ0v) is 15.8. The monoisotopic (exact) mass is 373 g/mol. The Morgan fingerprint density at radius 1 is 1.08 bits per heavy atom. The van der Waals surface area contributed by atoms with Crippen LogP contribution in [0.5, 0.6) is 0 Å². The molecule has 0 aliphatic carbocycles. The Labute approximate surface area is 154 Å². The van der Waals surface area contributed by atoms with E-state index in [1.165, 1.54) is 4.31 Å². The number of carbonyl (C=O) groups excluding carboxylic acids is 1. The molecule has 0 bridgehead atoms. The van der Waals surface area contributed by atoms with Gasteiger partial charge in [-0.1, -0.05) is 30.7 Å². The fraction of sp³-hybridized carbons (Fsp3) is 0.316. The second-order valence-electron chi connectivity index (χ2n) is 6.43. The molecule has 1 aliphatic heterocycles. The first kappa shape index (κ1) is 18.3. The van der Waals surface area contributed by atoms with Gasteiger partial charge in [0.05, 0.1) is 11.4 Å². The summed E-state index contributed by atoms with van der Waals surface area (Å²) < 4.78 is 26.3. The van der Waals surface area contributed by atoms with E-state index in [0.29, 0.717) is 36.4 Å². The molecule has 2 N–H and O–H groups in total. The number of carbonyl (C=O) groups is 1. The van der Waals surface area contributed by atoms with Crippen LogP contribution in [0.15, 0.2) is 42.5 Å². The molecule has 0 saturated heterocycles. The van der Waals surface area contributed by atoms with E-state index in [2.05, 4.69) is 10.6 Å². The van der Waals surface area contributed by atoms with Gasteiger partial charge >= 0.3 is 6.03 Å². The summed E-state index contributed by atoms with van der Waals surface area (Å²) >= 11 is 0. The van der Waals surface area contributed by atoms with Crippen LogP contribution in [0.1, 0.15) is 24.5 Å². The van der Waals surface area contributed by atoms with Crippen molar-refractivity contribution in [2.24, 2.45) is 0 Å². The van der Waals surface area contributed by atoms with Gasteiger partial charge in [-0.25, -0.2) is 13.2 Å². The zero-order valence-electron chi connectivity index (χ0n) is 15.0. The molecule has 0 radical (unpaired) electrons. The number of urea groups is 1. The number of benzene rings is 2. The minimum Gasteiger partial charge on any atom is -0.308 e. The van der Waals surface area contributed by atoms with Gasteiger partial charge < -0.3 is 10.6 Å². The highest BCUT2D eigenvalue weighted by Crippen LogP contribution is 2.33. The maximum atomic E-state index is 12.4. The average Bonchev–Trinajstić information content (AvgIpc) is 3.01. The van der Waals surface area contributed by atoms with Gasteiger partial charge in [0.15, 0.2) is 0 Å². The summed E-state index contributed by atoms with van der Waals surface area (Å²) in [6.45, 7) is 4.28. The van der Waals surface area contributed by atoms with Crippen molar-refractivity contribution in [2.75, 3.05) is 27.2 Å². The van der Waals surface area contributed by atoms with E-state index in [0.717, 1.165) is 11.1 Å². The SMILES string of the molecule is CCCS(=O)(=O)N1CCc2ccc(NC(=O)Nc3ccc(C)cc3)cc21. The predicted molar refractivity (Wildman–Crippen MR) is 105 cm³/mol. The van der Waals surface area contributed by atoms with Crippen molar-refractivity contribution < 1.29 is 13.2 Å². The predicted octanol–water partition coefficient (Wildman–Crippen LogP) is 3.74. The number of hydrogen-bond donors (Lipinski definition) is 2. The number of nitrogens with one attached hydrogen (secondary N) is 2. The third kappa shape index (κ3) is 3.99. The van der Waals surface area contributed by atoms with E-state index in [1.54, 1.807) is 12.1 Å². The second kappa shape index (κ2) is 7.37. The molecule has 2 amide bonds. The molecule has 1 aliphatic rings. The van der Waals surface area contributed by atoms with E-state index >= 15 is 0 Å². The van der Waals surface area contributed by atoms with E-state index in [9.17, 15) is 13.2 Å². The van der Waals surface area contributed by atoms with E-state index in [-0.39, 0.29) is 11.8 Å². The fourth-order valence-electron chi connectivity index (χ4n) is 3.02. The van der Waals surface area contributed by atoms with Crippen LogP contribution in [0.4, 0.5) is 21.9 Å². The van der Waals surface area contributed by atoms with Crippen LogP contribution in [0.2, 0.25) is 0 Å². The summed E-state index contributed by atoms with van der Waals surface area (Å²) in [7, 11) is -3.32. The van der Waals surface area contributed by atoms with E-state index in [4.69, 9.17) is 0 Å². The van der Waals surface area contributed by atoms with Crippen LogP contribution in [0.25, 0.3) is 0 Å². The Hall–Kier alpha value is -2.54. The molecule has 0 spiro atoms. The number of aryl methyl sites for hydroxylation is 1. The molecule has 0 unspecified atom stereocenters. The van der Waals surface area contributed by atoms with Crippen LogP contribution in [-0.2, 0) is 16.4 Å². The zero-order chi connectivity index (χ0) is 18.7. The van der Waals surface area contributed by atoms with Crippen LogP contribution in [0.3, 0.4) is 0 Å². The Bertz CT molecular complexity index is 908. The van der Waals surface area contributed by atoms with Gasteiger partial charge in [0.25, 0.3) is 0 Å². The Morgan fingerprint density at radius 2 is 1.73 bits per heavy atom. The first-order valence-electron chi connectivity index (χ1n) is 8.67. The third-order valence-electron chi connectivity index (χ3n) is 4.30. The number of amides is 2. The summed E-state index contributed by atoms with van der Waals surface area (Å²) in [6.07, 6.45) is 1.26. The first-order valence-corrected chi connectivity index (χ1v) is 10.3. The quantitative estimate of drug-likeness (QED) is 0.838. The lowest BCUT2D eigenvalue weighted by atomic mass is 10.1. The minimum absolute atomic E-state index is 0.123. The topological polar surface area (TPSA) is 78.5 Å². The van der Waals surface area contributed by atoms with Gasteiger partial charge in [0.1, 0.15) is 0 Å². The summed E-state index contributed by atoms with van der Waals surface area (Å²) in [5.41, 5.74) is 4.01. The molecule has 0 aromatic heterocycles. The van der Waals surface area contributed by atoms with Gasteiger partial charge in [-0.05, 0) is 49.6 Å². The van der Waals surface area contributed by atoms with Crippen molar-refractivity contribution in [2.45, 2.75) is 26.7 Å². The largest absolute Gasteiger partial charge is 0.323 e. The Morgan fingerprint density at radius 3 is 2.42 bits per heavy atom. The number of sulfonamides is 1. The highest BCUT2D eigenvalue weighted by molar-refractivity contribution is 7.92. The average molecular weight is 373 g/mol. The number of anilines is 3. The number of hydrogen-bond acceptors (Lipinski definition) is 3. The number of rotatable bonds is 5. The first-order chi connectivity index (χ1) is 12.4. The standard InChI is InChI=1S/C19H23N3O3S/c1-3-12-26(24,25)22-11-10-15-6-9-17(13-18(15)22)21-19(23)20-16-7-4-14(2)5-8-16/h4-9,13H,3,10-12H2,1-2H3,(H2,20,21,23). The summed E-state index contributed by atoms with van der Waals surface area (Å²) in [4.78, 5) is 12.2. The molecule has 6 nitrogen and oxygen atoms in total. The fourth-order valence-corrected chi connectivity index (χ4v) is 4.59.